The molecular weight excluding hydrogens is 262 g/mol. The lowest BCUT2D eigenvalue weighted by Crippen LogP contribution is -2.44. The second kappa shape index (κ2) is 12.0. The van der Waals surface area contributed by atoms with E-state index in [9.17, 15) is 5.26 Å². The van der Waals surface area contributed by atoms with Gasteiger partial charge in [-0.1, -0.05) is 27.7 Å². The molecule has 0 saturated heterocycles. The Hall–Kier alpha value is -0.630. The van der Waals surface area contributed by atoms with Crippen molar-refractivity contribution in [2.45, 2.75) is 58.9 Å². The Labute approximate surface area is 131 Å². The highest BCUT2D eigenvalue weighted by Gasteiger charge is 2.26. The van der Waals surface area contributed by atoms with Crippen molar-refractivity contribution in [3.05, 3.63) is 0 Å². The molecule has 0 radical (unpaired) electrons. The zero-order chi connectivity index (χ0) is 16.1. The molecule has 0 aromatic heterocycles. The van der Waals surface area contributed by atoms with Gasteiger partial charge < -0.3 is 9.64 Å². The monoisotopic (exact) mass is 297 g/mol. The van der Waals surface area contributed by atoms with Crippen LogP contribution in [0.15, 0.2) is 0 Å². The maximum Gasteiger partial charge on any atom is 0.106 e. The van der Waals surface area contributed by atoms with Crippen LogP contribution in [-0.4, -0.2) is 50.3 Å². The van der Waals surface area contributed by atoms with E-state index in [4.69, 9.17) is 4.74 Å². The Balaban J connectivity index is 4.32. The second-order valence-electron chi connectivity index (χ2n) is 6.27. The highest BCUT2D eigenvalue weighted by molar-refractivity contribution is 5.06. The van der Waals surface area contributed by atoms with Crippen molar-refractivity contribution in [1.82, 2.24) is 10.2 Å². The van der Waals surface area contributed by atoms with Crippen LogP contribution in [0.1, 0.15) is 53.4 Å². The van der Waals surface area contributed by atoms with E-state index in [1.54, 1.807) is 7.11 Å². The molecule has 0 saturated carbocycles. The molecule has 4 heteroatoms. The van der Waals surface area contributed by atoms with E-state index in [0.29, 0.717) is 5.92 Å². The van der Waals surface area contributed by atoms with Crippen molar-refractivity contribution >= 4 is 0 Å². The Morgan fingerprint density at radius 2 is 2.00 bits per heavy atom. The zero-order valence-corrected chi connectivity index (χ0v) is 14.7. The van der Waals surface area contributed by atoms with Crippen LogP contribution >= 0.6 is 0 Å². The van der Waals surface area contributed by atoms with Gasteiger partial charge in [0, 0.05) is 20.2 Å². The molecule has 0 aromatic carbocycles. The Bertz CT molecular complexity index is 288. The molecule has 0 aliphatic heterocycles. The molecule has 1 unspecified atom stereocenters. The quantitative estimate of drug-likeness (QED) is 0.567. The average Bonchev–Trinajstić information content (AvgIpc) is 2.48. The number of nitrogens with one attached hydrogen (secondary N) is 1. The second-order valence-corrected chi connectivity index (χ2v) is 6.27. The van der Waals surface area contributed by atoms with Crippen molar-refractivity contribution in [2.75, 3.05) is 39.9 Å². The first kappa shape index (κ1) is 20.4. The summed E-state index contributed by atoms with van der Waals surface area (Å²) in [5.41, 5.74) is -0.346. The molecule has 124 valence electrons. The summed E-state index contributed by atoms with van der Waals surface area (Å²) in [5, 5.41) is 12.9. The molecule has 4 nitrogen and oxygen atoms in total. The summed E-state index contributed by atoms with van der Waals surface area (Å²) in [6.45, 7) is 13.5. The lowest BCUT2D eigenvalue weighted by Gasteiger charge is -2.29. The van der Waals surface area contributed by atoms with Gasteiger partial charge in [-0.25, -0.2) is 0 Å². The summed E-state index contributed by atoms with van der Waals surface area (Å²) in [6.07, 6.45) is 3.90. The number of methoxy groups -OCH3 is 1. The van der Waals surface area contributed by atoms with Crippen molar-refractivity contribution in [1.29, 1.82) is 5.26 Å². The summed E-state index contributed by atoms with van der Waals surface area (Å²) >= 11 is 0. The largest absolute Gasteiger partial charge is 0.383 e. The summed E-state index contributed by atoms with van der Waals surface area (Å²) in [7, 11) is 1.75. The molecule has 21 heavy (non-hydrogen) atoms. The van der Waals surface area contributed by atoms with Crippen LogP contribution in [0.25, 0.3) is 0 Å². The fraction of sp³-hybridized carbons (Fsp3) is 0.941. The van der Waals surface area contributed by atoms with E-state index in [0.717, 1.165) is 58.5 Å². The zero-order valence-electron chi connectivity index (χ0n) is 14.7. The van der Waals surface area contributed by atoms with Crippen LogP contribution in [0.5, 0.6) is 0 Å². The number of nitriles is 1. The highest BCUT2D eigenvalue weighted by atomic mass is 16.5. The molecule has 0 amide bonds. The minimum Gasteiger partial charge on any atom is -0.383 e. The molecule has 1 N–H and O–H groups in total. The van der Waals surface area contributed by atoms with E-state index in [2.05, 4.69) is 44.0 Å². The number of ether oxygens (including phenoxy) is 1. The third-order valence-electron chi connectivity index (χ3n) is 3.84. The molecule has 0 bridgehead atoms. The van der Waals surface area contributed by atoms with Crippen molar-refractivity contribution in [3.63, 3.8) is 0 Å². The van der Waals surface area contributed by atoms with Crippen LogP contribution in [0, 0.1) is 17.2 Å². The van der Waals surface area contributed by atoms with Crippen molar-refractivity contribution < 1.29 is 4.74 Å². The maximum atomic E-state index is 9.51. The molecule has 0 aliphatic carbocycles. The highest BCUT2D eigenvalue weighted by Crippen LogP contribution is 2.17. The van der Waals surface area contributed by atoms with Gasteiger partial charge in [0.2, 0.25) is 0 Å². The smallest absolute Gasteiger partial charge is 0.106 e. The first-order valence-electron chi connectivity index (χ1n) is 8.41. The molecule has 0 spiro atoms. The molecular formula is C17H35N3O. The van der Waals surface area contributed by atoms with Gasteiger partial charge in [-0.15, -0.1) is 0 Å². The normalized spacial score (nSPS) is 14.4. The van der Waals surface area contributed by atoms with Crippen molar-refractivity contribution in [2.24, 2.45) is 5.92 Å². The SMILES string of the molecule is CCCNC(C#N)(CC)CCCN(CCOC)CC(C)C. The summed E-state index contributed by atoms with van der Waals surface area (Å²) in [6, 6.07) is 2.50. The van der Waals surface area contributed by atoms with Gasteiger partial charge in [0.1, 0.15) is 5.54 Å². The minimum absolute atomic E-state index is 0.346. The van der Waals surface area contributed by atoms with Gasteiger partial charge in [0.25, 0.3) is 0 Å². The van der Waals surface area contributed by atoms with Crippen LogP contribution in [-0.2, 0) is 4.74 Å². The van der Waals surface area contributed by atoms with Gasteiger partial charge in [-0.2, -0.15) is 5.26 Å². The van der Waals surface area contributed by atoms with Crippen LogP contribution in [0.2, 0.25) is 0 Å². The standard InChI is InChI=1S/C17H35N3O/c1-6-10-19-17(7-2,15-18)9-8-11-20(12-13-21-5)14-16(3)4/h16,19H,6-14H2,1-5H3. The molecule has 0 fully saturated rings. The lowest BCUT2D eigenvalue weighted by molar-refractivity contribution is 0.137. The van der Waals surface area contributed by atoms with E-state index in [-0.39, 0.29) is 5.54 Å². The molecule has 0 aliphatic rings. The number of hydrogen-bond donors (Lipinski definition) is 1. The van der Waals surface area contributed by atoms with Crippen LogP contribution in [0.3, 0.4) is 0 Å². The summed E-state index contributed by atoms with van der Waals surface area (Å²) in [4.78, 5) is 2.45. The lowest BCUT2D eigenvalue weighted by atomic mass is 9.91. The number of rotatable bonds is 13. The summed E-state index contributed by atoms with van der Waals surface area (Å²) < 4.78 is 5.19. The minimum atomic E-state index is -0.346. The first-order chi connectivity index (χ1) is 10.0. The predicted molar refractivity (Wildman–Crippen MR) is 89.3 cm³/mol. The summed E-state index contributed by atoms with van der Waals surface area (Å²) in [5.74, 6) is 0.659. The Morgan fingerprint density at radius 1 is 1.29 bits per heavy atom. The number of hydrogen-bond acceptors (Lipinski definition) is 4. The van der Waals surface area contributed by atoms with Gasteiger partial charge >= 0.3 is 0 Å². The van der Waals surface area contributed by atoms with E-state index in [1.165, 1.54) is 0 Å². The fourth-order valence-corrected chi connectivity index (χ4v) is 2.56. The van der Waals surface area contributed by atoms with Crippen LogP contribution in [0.4, 0.5) is 0 Å². The third kappa shape index (κ3) is 9.08. The van der Waals surface area contributed by atoms with Gasteiger partial charge in [-0.3, -0.25) is 5.32 Å². The number of nitrogens with zero attached hydrogens (tertiary/aromatic N) is 2. The van der Waals surface area contributed by atoms with Gasteiger partial charge in [-0.05, 0) is 44.7 Å². The Morgan fingerprint density at radius 3 is 2.48 bits per heavy atom. The first-order valence-corrected chi connectivity index (χ1v) is 8.41. The average molecular weight is 297 g/mol. The van der Waals surface area contributed by atoms with E-state index < -0.39 is 0 Å². The topological polar surface area (TPSA) is 48.3 Å². The molecule has 1 atom stereocenters. The molecule has 0 rings (SSSR count). The molecule has 0 aromatic rings. The van der Waals surface area contributed by atoms with E-state index >= 15 is 0 Å². The maximum absolute atomic E-state index is 9.51. The Kier molecular flexibility index (Phi) is 11.6. The fourth-order valence-electron chi connectivity index (χ4n) is 2.56. The van der Waals surface area contributed by atoms with Crippen molar-refractivity contribution in [3.8, 4) is 6.07 Å². The van der Waals surface area contributed by atoms with E-state index in [1.807, 2.05) is 0 Å². The van der Waals surface area contributed by atoms with Crippen LogP contribution < -0.4 is 5.32 Å². The molecule has 0 heterocycles. The van der Waals surface area contributed by atoms with Gasteiger partial charge in [0.05, 0.1) is 12.7 Å². The van der Waals surface area contributed by atoms with Gasteiger partial charge in [0.15, 0.2) is 0 Å². The predicted octanol–water partition coefficient (Wildman–Crippen LogP) is 3.04. The third-order valence-corrected chi connectivity index (χ3v) is 3.84.